The smallest absolute Gasteiger partial charge is 0.104 e. The van der Waals surface area contributed by atoms with Gasteiger partial charge in [-0.2, -0.15) is 0 Å². The van der Waals surface area contributed by atoms with Crippen molar-refractivity contribution >= 4 is 0 Å². The van der Waals surface area contributed by atoms with E-state index >= 15 is 0 Å². The maximum atomic E-state index is 8.57. The topological polar surface area (TPSA) is 88.4 Å². The molecule has 21 heavy (non-hydrogen) atoms. The van der Waals surface area contributed by atoms with Crippen LogP contribution in [0.1, 0.15) is 44.6 Å². The normalized spacial score (nSPS) is 8.00. The van der Waals surface area contributed by atoms with E-state index < -0.39 is 0 Å². The molecule has 0 bridgehead atoms. The van der Waals surface area contributed by atoms with Crippen LogP contribution in [0.15, 0.2) is 0 Å². The fourth-order valence-corrected chi connectivity index (χ4v) is 0.922. The zero-order valence-corrected chi connectivity index (χ0v) is 8.80. The summed E-state index contributed by atoms with van der Waals surface area (Å²) in [5.74, 6) is 0. The second kappa shape index (κ2) is 36.7. The minimum Gasteiger partial charge on any atom is -0.394 e. The van der Waals surface area contributed by atoms with Crippen LogP contribution in [-0.4, -0.2) is 74.3 Å². The minimum absolute atomic E-state index is 0. The largest absolute Gasteiger partial charge is 0.394 e. The Kier molecular flexibility index (Phi) is 74.9. The summed E-state index contributed by atoms with van der Waals surface area (Å²) in [6, 6.07) is 0. The van der Waals surface area contributed by atoms with Gasteiger partial charge in [0, 0.05) is 0 Å². The second-order valence-corrected chi connectivity index (χ2v) is 2.81. The van der Waals surface area contributed by atoms with Crippen LogP contribution in [0.25, 0.3) is 0 Å². The Morgan fingerprint density at radius 2 is 0.905 bits per heavy atom. The second-order valence-electron chi connectivity index (χ2n) is 2.81. The van der Waals surface area contributed by atoms with E-state index in [0.29, 0.717) is 13.2 Å². The van der Waals surface area contributed by atoms with Crippen molar-refractivity contribution in [3.05, 3.63) is 0 Å². The molecule has 3 N–H and O–H groups in total. The van der Waals surface area contributed by atoms with Gasteiger partial charge in [0.1, 0.15) is 6.10 Å². The maximum absolute atomic E-state index is 8.57. The van der Waals surface area contributed by atoms with Crippen LogP contribution in [-0.2, 0) is 14.2 Å². The first-order valence-corrected chi connectivity index (χ1v) is 4.94. The third-order valence-electron chi connectivity index (χ3n) is 1.52. The molecule has 0 aliphatic heterocycles. The summed E-state index contributed by atoms with van der Waals surface area (Å²) in [7, 11) is 0. The molecule has 0 saturated carbocycles. The van der Waals surface area contributed by atoms with Gasteiger partial charge < -0.3 is 29.5 Å². The lowest BCUT2D eigenvalue weighted by atomic mass is 10.4. The predicted octanol–water partition coefficient (Wildman–Crippen LogP) is 2.20. The van der Waals surface area contributed by atoms with E-state index in [0.717, 1.165) is 0 Å². The van der Waals surface area contributed by atoms with Gasteiger partial charge in [0.15, 0.2) is 0 Å². The number of ether oxygens (including phenoxy) is 3. The third-order valence-corrected chi connectivity index (χ3v) is 1.52. The van der Waals surface area contributed by atoms with Crippen molar-refractivity contribution in [2.45, 2.75) is 50.7 Å². The van der Waals surface area contributed by atoms with Crippen LogP contribution in [0.4, 0.5) is 0 Å². The molecular formula is C15H44O6. The van der Waals surface area contributed by atoms with E-state index in [1.807, 2.05) is 0 Å². The molecule has 0 spiro atoms. The maximum Gasteiger partial charge on any atom is 0.104 e. The molecule has 0 aromatic heterocycles. The average molecular weight is 321 g/mol. The molecule has 0 saturated heterocycles. The molecule has 0 heterocycles. The Morgan fingerprint density at radius 1 is 0.571 bits per heavy atom. The average Bonchev–Trinajstić information content (AvgIpc) is 2.25. The van der Waals surface area contributed by atoms with Gasteiger partial charge >= 0.3 is 0 Å². The molecule has 0 atom stereocenters. The lowest BCUT2D eigenvalue weighted by Gasteiger charge is -2.17. The monoisotopic (exact) mass is 320 g/mol. The lowest BCUT2D eigenvalue weighted by Crippen LogP contribution is -2.28. The lowest BCUT2D eigenvalue weighted by molar-refractivity contribution is -0.0733. The Labute approximate surface area is 134 Å². The number of aliphatic hydroxyl groups excluding tert-OH is 3. The summed E-state index contributed by atoms with van der Waals surface area (Å²) in [5, 5.41) is 25.6. The fraction of sp³-hybridized carbons (Fsp3) is 1.00. The summed E-state index contributed by atoms with van der Waals surface area (Å²) in [5.41, 5.74) is 0. The first-order valence-electron chi connectivity index (χ1n) is 4.94. The minimum atomic E-state index is -0.282. The number of aliphatic hydroxyl groups is 3. The molecule has 0 aliphatic carbocycles. The van der Waals surface area contributed by atoms with Crippen molar-refractivity contribution in [1.29, 1.82) is 0 Å². The van der Waals surface area contributed by atoms with Crippen molar-refractivity contribution in [2.75, 3.05) is 52.9 Å². The quantitative estimate of drug-likeness (QED) is 0.506. The molecular weight excluding hydrogens is 276 g/mol. The highest BCUT2D eigenvalue weighted by molar-refractivity contribution is 4.55. The number of rotatable bonds is 11. The molecule has 0 aromatic carbocycles. The van der Waals surface area contributed by atoms with Gasteiger partial charge in [-0.05, 0) is 0 Å². The van der Waals surface area contributed by atoms with Gasteiger partial charge in [-0.1, -0.05) is 44.6 Å². The highest BCUT2D eigenvalue weighted by atomic mass is 16.6. The standard InChI is InChI=1S/C9H20O6.6CH4/c10-1-4-13-7-9(15-6-3-12)8-14-5-2-11;;;;;;/h9-12H,1-8H2;6*1H4. The van der Waals surface area contributed by atoms with Crippen molar-refractivity contribution < 1.29 is 29.5 Å². The van der Waals surface area contributed by atoms with Crippen LogP contribution < -0.4 is 0 Å². The van der Waals surface area contributed by atoms with Crippen molar-refractivity contribution in [3.63, 3.8) is 0 Å². The van der Waals surface area contributed by atoms with Crippen LogP contribution >= 0.6 is 0 Å². The summed E-state index contributed by atoms with van der Waals surface area (Å²) < 4.78 is 15.4. The van der Waals surface area contributed by atoms with Crippen molar-refractivity contribution in [1.82, 2.24) is 0 Å². The number of hydrogen-bond donors (Lipinski definition) is 3. The molecule has 6 nitrogen and oxygen atoms in total. The molecule has 0 aromatic rings. The van der Waals surface area contributed by atoms with E-state index in [9.17, 15) is 0 Å². The van der Waals surface area contributed by atoms with Crippen molar-refractivity contribution in [3.8, 4) is 0 Å². The van der Waals surface area contributed by atoms with E-state index in [2.05, 4.69) is 0 Å². The molecule has 0 unspecified atom stereocenters. The predicted molar refractivity (Wildman–Crippen MR) is 93.0 cm³/mol. The fourth-order valence-electron chi connectivity index (χ4n) is 0.922. The Morgan fingerprint density at radius 3 is 1.19 bits per heavy atom. The molecule has 6 heteroatoms. The SMILES string of the molecule is C.C.C.C.C.C.OCCOCC(COCCO)OCCO. The summed E-state index contributed by atoms with van der Waals surface area (Å²) in [6.45, 7) is 1.18. The molecule has 0 radical (unpaired) electrons. The van der Waals surface area contributed by atoms with Gasteiger partial charge in [0.2, 0.25) is 0 Å². The van der Waals surface area contributed by atoms with Crippen LogP contribution in [0.3, 0.4) is 0 Å². The molecule has 0 rings (SSSR count). The van der Waals surface area contributed by atoms with E-state index in [1.54, 1.807) is 0 Å². The third kappa shape index (κ3) is 32.9. The Balaban J connectivity index is -0.0000000653. The number of hydrogen-bond acceptors (Lipinski definition) is 6. The van der Waals surface area contributed by atoms with E-state index in [1.165, 1.54) is 0 Å². The van der Waals surface area contributed by atoms with Gasteiger partial charge in [0.25, 0.3) is 0 Å². The zero-order chi connectivity index (χ0) is 11.4. The highest BCUT2D eigenvalue weighted by Crippen LogP contribution is 1.95. The highest BCUT2D eigenvalue weighted by Gasteiger charge is 2.09. The first-order chi connectivity index (χ1) is 7.35. The van der Waals surface area contributed by atoms with Crippen molar-refractivity contribution in [2.24, 2.45) is 0 Å². The van der Waals surface area contributed by atoms with Crippen LogP contribution in [0.2, 0.25) is 0 Å². The molecule has 0 fully saturated rings. The zero-order valence-electron chi connectivity index (χ0n) is 8.80. The molecule has 0 amide bonds. The molecule has 140 valence electrons. The van der Waals surface area contributed by atoms with Gasteiger partial charge in [-0.25, -0.2) is 0 Å². The van der Waals surface area contributed by atoms with Crippen LogP contribution in [0.5, 0.6) is 0 Å². The Bertz CT molecular complexity index is 115. The summed E-state index contributed by atoms with van der Waals surface area (Å²) >= 11 is 0. The summed E-state index contributed by atoms with van der Waals surface area (Å²) in [4.78, 5) is 0. The van der Waals surface area contributed by atoms with E-state index in [4.69, 9.17) is 29.5 Å². The van der Waals surface area contributed by atoms with E-state index in [-0.39, 0.29) is 90.3 Å². The van der Waals surface area contributed by atoms with Crippen LogP contribution in [0, 0.1) is 0 Å². The first kappa shape index (κ1) is 42.8. The molecule has 0 aliphatic rings. The van der Waals surface area contributed by atoms with Gasteiger partial charge in [-0.3, -0.25) is 0 Å². The van der Waals surface area contributed by atoms with Gasteiger partial charge in [-0.15, -0.1) is 0 Å². The Hall–Kier alpha value is -0.240. The summed E-state index contributed by atoms with van der Waals surface area (Å²) in [6.07, 6.45) is -0.282. The van der Waals surface area contributed by atoms with Gasteiger partial charge in [0.05, 0.1) is 52.9 Å².